The van der Waals surface area contributed by atoms with Crippen LogP contribution in [0.2, 0.25) is 0 Å². The Morgan fingerprint density at radius 2 is 1.38 bits per heavy atom. The van der Waals surface area contributed by atoms with Crippen molar-refractivity contribution in [3.63, 3.8) is 0 Å². The van der Waals surface area contributed by atoms with Gasteiger partial charge in [0, 0.05) is 46.1 Å². The molecule has 170 valence electrons. The van der Waals surface area contributed by atoms with E-state index < -0.39 is 5.66 Å². The van der Waals surface area contributed by atoms with Gasteiger partial charge in [-0.25, -0.2) is 0 Å². The summed E-state index contributed by atoms with van der Waals surface area (Å²) >= 11 is 0. The van der Waals surface area contributed by atoms with E-state index in [2.05, 4.69) is 113 Å². The molecule has 4 heterocycles. The van der Waals surface area contributed by atoms with Crippen LogP contribution in [-0.2, 0) is 25.0 Å². The van der Waals surface area contributed by atoms with E-state index >= 15 is 0 Å². The maximum absolute atomic E-state index is 4.11. The number of para-hydroxylation sites is 2. The second kappa shape index (κ2) is 7.33. The van der Waals surface area contributed by atoms with Gasteiger partial charge in [-0.2, -0.15) is 0 Å². The first-order valence-corrected chi connectivity index (χ1v) is 12.4. The van der Waals surface area contributed by atoms with Crippen LogP contribution in [-0.4, -0.2) is 27.0 Å². The van der Waals surface area contributed by atoms with Gasteiger partial charge in [0.1, 0.15) is 5.66 Å². The van der Waals surface area contributed by atoms with Crippen molar-refractivity contribution < 1.29 is 0 Å². The monoisotopic (exact) mass is 446 g/mol. The minimum absolute atomic E-state index is 0.350. The average molecular weight is 447 g/mol. The van der Waals surface area contributed by atoms with Gasteiger partial charge in [-0.05, 0) is 55.5 Å². The molecule has 0 amide bonds. The molecule has 4 nitrogen and oxygen atoms in total. The smallest absolute Gasteiger partial charge is 0.140 e. The van der Waals surface area contributed by atoms with E-state index in [0.29, 0.717) is 12.1 Å². The minimum Gasteiger partial charge on any atom is -0.357 e. The van der Waals surface area contributed by atoms with Crippen LogP contribution in [0, 0.1) is 0 Å². The highest BCUT2D eigenvalue weighted by Crippen LogP contribution is 2.45. The number of hydrogen-bond donors (Lipinski definition) is 3. The van der Waals surface area contributed by atoms with Crippen LogP contribution in [0.15, 0.2) is 78.9 Å². The maximum atomic E-state index is 4.11. The Balaban J connectivity index is 1.48. The standard InChI is InChI=1S/C30H30N4/c1-19-16-25-23-13-7-9-15-27(23)32-29(25)30(33-19,21-10-4-3-5-11-21)34-18-28-24(17-20(34)2)22-12-6-8-14-26(22)31-28/h3-15,19-20,31-33H,16-18H2,1-2H3. The lowest BCUT2D eigenvalue weighted by atomic mass is 9.81. The van der Waals surface area contributed by atoms with E-state index in [0.717, 1.165) is 19.4 Å². The molecule has 5 aromatic rings. The van der Waals surface area contributed by atoms with Crippen LogP contribution in [0.25, 0.3) is 21.8 Å². The number of aromatic nitrogens is 2. The molecular formula is C30H30N4. The molecule has 7 rings (SSSR count). The van der Waals surface area contributed by atoms with E-state index in [1.807, 2.05) is 0 Å². The average Bonchev–Trinajstić information content (AvgIpc) is 3.42. The van der Waals surface area contributed by atoms with Gasteiger partial charge in [0.05, 0.1) is 5.69 Å². The zero-order chi connectivity index (χ0) is 22.9. The highest BCUT2D eigenvalue weighted by molar-refractivity contribution is 5.86. The number of benzene rings is 3. The Bertz CT molecular complexity index is 1510. The summed E-state index contributed by atoms with van der Waals surface area (Å²) in [7, 11) is 0. The Labute approximate surface area is 200 Å². The van der Waals surface area contributed by atoms with E-state index in [4.69, 9.17) is 0 Å². The fraction of sp³-hybridized carbons (Fsp3) is 0.267. The zero-order valence-corrected chi connectivity index (χ0v) is 19.7. The minimum atomic E-state index is -0.429. The van der Waals surface area contributed by atoms with Crippen molar-refractivity contribution in [1.29, 1.82) is 0 Å². The topological polar surface area (TPSA) is 46.9 Å². The largest absolute Gasteiger partial charge is 0.357 e. The molecule has 34 heavy (non-hydrogen) atoms. The van der Waals surface area contributed by atoms with Crippen molar-refractivity contribution in [2.45, 2.75) is 51.0 Å². The molecule has 2 aromatic heterocycles. The summed E-state index contributed by atoms with van der Waals surface area (Å²) in [5.41, 5.74) is 8.88. The van der Waals surface area contributed by atoms with Gasteiger partial charge in [0.2, 0.25) is 0 Å². The number of nitrogens with zero attached hydrogens (tertiary/aromatic N) is 1. The van der Waals surface area contributed by atoms with Crippen LogP contribution in [0.4, 0.5) is 0 Å². The molecule has 3 N–H and O–H groups in total. The van der Waals surface area contributed by atoms with Crippen LogP contribution >= 0.6 is 0 Å². The summed E-state index contributed by atoms with van der Waals surface area (Å²) in [6, 6.07) is 29.3. The summed E-state index contributed by atoms with van der Waals surface area (Å²) in [6.07, 6.45) is 2.05. The molecular weight excluding hydrogens is 416 g/mol. The van der Waals surface area contributed by atoms with Crippen molar-refractivity contribution in [2.75, 3.05) is 0 Å². The molecule has 0 saturated carbocycles. The fourth-order valence-electron chi connectivity index (χ4n) is 6.61. The fourth-order valence-corrected chi connectivity index (χ4v) is 6.61. The molecule has 2 aliphatic rings. The Kier molecular flexibility index (Phi) is 4.33. The zero-order valence-electron chi connectivity index (χ0n) is 19.7. The van der Waals surface area contributed by atoms with E-state index in [1.54, 1.807) is 0 Å². The molecule has 2 aliphatic heterocycles. The lowest BCUT2D eigenvalue weighted by Crippen LogP contribution is -2.65. The second-order valence-corrected chi connectivity index (χ2v) is 10.2. The first-order valence-electron chi connectivity index (χ1n) is 12.4. The van der Waals surface area contributed by atoms with Crippen molar-refractivity contribution in [3.05, 3.63) is 107 Å². The molecule has 3 atom stereocenters. The van der Waals surface area contributed by atoms with Gasteiger partial charge in [-0.3, -0.25) is 10.2 Å². The quantitative estimate of drug-likeness (QED) is 0.319. The normalized spacial score (nSPS) is 24.9. The SMILES string of the molecule is CC1Cc2c([nH]c3ccccc23)C(c2ccccc2)(N2Cc3[nH]c4ccccc4c3CC2C)N1. The molecule has 0 spiro atoms. The third-order valence-electron chi connectivity index (χ3n) is 8.03. The molecule has 4 heteroatoms. The van der Waals surface area contributed by atoms with E-state index in [9.17, 15) is 0 Å². The van der Waals surface area contributed by atoms with Gasteiger partial charge in [0.15, 0.2) is 0 Å². The predicted molar refractivity (Wildman–Crippen MR) is 139 cm³/mol. The molecule has 3 aromatic carbocycles. The Morgan fingerprint density at radius 1 is 0.735 bits per heavy atom. The highest BCUT2D eigenvalue weighted by atomic mass is 15.4. The van der Waals surface area contributed by atoms with Crippen molar-refractivity contribution in [3.8, 4) is 0 Å². The molecule has 0 saturated heterocycles. The molecule has 0 fully saturated rings. The van der Waals surface area contributed by atoms with Crippen molar-refractivity contribution >= 4 is 21.8 Å². The van der Waals surface area contributed by atoms with Gasteiger partial charge >= 0.3 is 0 Å². The lowest BCUT2D eigenvalue weighted by Gasteiger charge is -2.52. The second-order valence-electron chi connectivity index (χ2n) is 10.2. The third-order valence-corrected chi connectivity index (χ3v) is 8.03. The molecule has 0 bridgehead atoms. The third kappa shape index (κ3) is 2.73. The predicted octanol–water partition coefficient (Wildman–Crippen LogP) is 5.83. The summed E-state index contributed by atoms with van der Waals surface area (Å²) in [6.45, 7) is 5.58. The maximum Gasteiger partial charge on any atom is 0.140 e. The highest BCUT2D eigenvalue weighted by Gasteiger charge is 2.50. The summed E-state index contributed by atoms with van der Waals surface area (Å²) in [5.74, 6) is 0. The number of hydrogen-bond acceptors (Lipinski definition) is 2. The first-order chi connectivity index (χ1) is 16.6. The number of nitrogens with one attached hydrogen (secondary N) is 3. The van der Waals surface area contributed by atoms with E-state index in [1.165, 1.54) is 49.9 Å². The number of H-pyrrole nitrogens is 2. The molecule has 0 radical (unpaired) electrons. The van der Waals surface area contributed by atoms with Crippen molar-refractivity contribution in [1.82, 2.24) is 20.2 Å². The van der Waals surface area contributed by atoms with Gasteiger partial charge in [-0.15, -0.1) is 0 Å². The number of fused-ring (bicyclic) bond motifs is 6. The lowest BCUT2D eigenvalue weighted by molar-refractivity contribution is 0.0148. The molecule has 0 aliphatic carbocycles. The molecule has 3 unspecified atom stereocenters. The number of rotatable bonds is 2. The van der Waals surface area contributed by atoms with Crippen LogP contribution in [0.3, 0.4) is 0 Å². The Morgan fingerprint density at radius 3 is 2.15 bits per heavy atom. The van der Waals surface area contributed by atoms with Crippen LogP contribution in [0.5, 0.6) is 0 Å². The van der Waals surface area contributed by atoms with Gasteiger partial charge in [0.25, 0.3) is 0 Å². The summed E-state index contributed by atoms with van der Waals surface area (Å²) in [5, 5.41) is 6.83. The summed E-state index contributed by atoms with van der Waals surface area (Å²) in [4.78, 5) is 10.3. The number of aromatic amines is 2. The first kappa shape index (κ1) is 20.1. The van der Waals surface area contributed by atoms with Crippen LogP contribution < -0.4 is 5.32 Å². The Hall–Kier alpha value is -3.34. The van der Waals surface area contributed by atoms with Gasteiger partial charge in [-0.1, -0.05) is 66.7 Å². The van der Waals surface area contributed by atoms with Crippen LogP contribution in [0.1, 0.15) is 41.9 Å². The summed E-state index contributed by atoms with van der Waals surface area (Å²) < 4.78 is 0. The van der Waals surface area contributed by atoms with Crippen molar-refractivity contribution in [2.24, 2.45) is 0 Å². The van der Waals surface area contributed by atoms with E-state index in [-0.39, 0.29) is 0 Å². The van der Waals surface area contributed by atoms with Gasteiger partial charge < -0.3 is 9.97 Å².